The molecule has 1 saturated heterocycles. The molecule has 3 amide bonds. The Hall–Kier alpha value is -3.59. The molecule has 1 unspecified atom stereocenters. The summed E-state index contributed by atoms with van der Waals surface area (Å²) < 4.78 is 10.7. The first kappa shape index (κ1) is 23.6. The van der Waals surface area contributed by atoms with Gasteiger partial charge in [-0.15, -0.1) is 0 Å². The molecule has 2 aliphatic rings. The van der Waals surface area contributed by atoms with Gasteiger partial charge in [0.25, 0.3) is 5.91 Å². The zero-order chi connectivity index (χ0) is 24.1. The number of benzene rings is 1. The van der Waals surface area contributed by atoms with Gasteiger partial charge in [0.05, 0.1) is 24.5 Å². The second kappa shape index (κ2) is 10.6. The molecule has 0 spiro atoms. The van der Waals surface area contributed by atoms with Crippen LogP contribution in [0.1, 0.15) is 35.5 Å². The molecule has 0 bridgehead atoms. The first-order chi connectivity index (χ1) is 16.5. The molecule has 1 aromatic heterocycles. The number of carbonyl (C=O) groups excluding carboxylic acids is 3. The predicted octanol–water partition coefficient (Wildman–Crippen LogP) is 2.64. The third kappa shape index (κ3) is 4.99. The van der Waals surface area contributed by atoms with Crippen LogP contribution in [0, 0.1) is 0 Å². The maximum Gasteiger partial charge on any atom is 0.338 e. The molecule has 0 saturated carbocycles. The van der Waals surface area contributed by atoms with Crippen LogP contribution in [0.15, 0.2) is 64.4 Å². The van der Waals surface area contributed by atoms with Crippen LogP contribution in [0.3, 0.4) is 0 Å². The highest BCUT2D eigenvalue weighted by Gasteiger charge is 2.37. The molecular weight excluding hydrogens is 436 g/mol. The molecule has 9 nitrogen and oxygen atoms in total. The smallest absolute Gasteiger partial charge is 0.338 e. The quantitative estimate of drug-likeness (QED) is 0.658. The van der Waals surface area contributed by atoms with E-state index in [-0.39, 0.29) is 18.5 Å². The van der Waals surface area contributed by atoms with Crippen molar-refractivity contribution >= 4 is 17.9 Å². The number of ether oxygens (including phenoxy) is 1. The first-order valence-corrected chi connectivity index (χ1v) is 11.5. The fourth-order valence-electron chi connectivity index (χ4n) is 4.39. The van der Waals surface area contributed by atoms with Crippen molar-refractivity contribution in [1.82, 2.24) is 20.0 Å². The molecule has 0 radical (unpaired) electrons. The highest BCUT2D eigenvalue weighted by atomic mass is 16.5. The summed E-state index contributed by atoms with van der Waals surface area (Å²) in [5, 5.41) is 2.94. The zero-order valence-electron chi connectivity index (χ0n) is 19.5. The van der Waals surface area contributed by atoms with Crippen molar-refractivity contribution in [3.63, 3.8) is 0 Å². The fourth-order valence-corrected chi connectivity index (χ4v) is 4.39. The van der Waals surface area contributed by atoms with Gasteiger partial charge >= 0.3 is 12.0 Å². The van der Waals surface area contributed by atoms with Crippen LogP contribution < -0.4 is 5.32 Å². The number of carbonyl (C=O) groups is 3. The van der Waals surface area contributed by atoms with E-state index < -0.39 is 12.0 Å². The molecule has 1 aromatic carbocycles. The Morgan fingerprint density at radius 3 is 2.59 bits per heavy atom. The minimum absolute atomic E-state index is 0.128. The van der Waals surface area contributed by atoms with Gasteiger partial charge in [-0.3, -0.25) is 14.6 Å². The van der Waals surface area contributed by atoms with E-state index in [2.05, 4.69) is 10.2 Å². The van der Waals surface area contributed by atoms with Gasteiger partial charge in [0, 0.05) is 45.5 Å². The average Bonchev–Trinajstić information content (AvgIpc) is 3.29. The molecule has 4 rings (SSSR count). The van der Waals surface area contributed by atoms with Crippen molar-refractivity contribution in [1.29, 1.82) is 0 Å². The van der Waals surface area contributed by atoms with Gasteiger partial charge in [-0.2, -0.15) is 0 Å². The second-order valence-corrected chi connectivity index (χ2v) is 8.33. The van der Waals surface area contributed by atoms with Crippen LogP contribution in [0.5, 0.6) is 0 Å². The lowest BCUT2D eigenvalue weighted by Gasteiger charge is -2.36. The summed E-state index contributed by atoms with van der Waals surface area (Å²) in [4.78, 5) is 44.1. The molecular formula is C25H30N4O5. The number of hydrogen-bond acceptors (Lipinski definition) is 6. The van der Waals surface area contributed by atoms with E-state index in [0.717, 1.165) is 18.5 Å². The number of nitrogens with zero attached hydrogens (tertiary/aromatic N) is 3. The molecule has 2 aromatic rings. The van der Waals surface area contributed by atoms with Crippen LogP contribution in [0.2, 0.25) is 0 Å². The Morgan fingerprint density at radius 2 is 1.88 bits per heavy atom. The SMILES string of the molecule is CCOC(=O)C1=C(CN2CCCN(C(=O)c3ccco3)CC2)N(C)C(=O)NC1c1ccccc1. The number of urea groups is 1. The van der Waals surface area contributed by atoms with Crippen molar-refractivity contribution in [2.75, 3.05) is 46.4 Å². The summed E-state index contributed by atoms with van der Waals surface area (Å²) in [5.41, 5.74) is 1.86. The monoisotopic (exact) mass is 466 g/mol. The fraction of sp³-hybridized carbons (Fsp3) is 0.400. The second-order valence-electron chi connectivity index (χ2n) is 8.33. The predicted molar refractivity (Wildman–Crippen MR) is 125 cm³/mol. The first-order valence-electron chi connectivity index (χ1n) is 11.5. The topological polar surface area (TPSA) is 95.3 Å². The summed E-state index contributed by atoms with van der Waals surface area (Å²) in [6.45, 7) is 4.87. The molecule has 2 aliphatic heterocycles. The maximum atomic E-state index is 13.1. The summed E-state index contributed by atoms with van der Waals surface area (Å²) in [6, 6.07) is 11.9. The Balaban J connectivity index is 1.59. The lowest BCUT2D eigenvalue weighted by molar-refractivity contribution is -0.139. The minimum atomic E-state index is -0.594. The zero-order valence-corrected chi connectivity index (χ0v) is 19.5. The molecule has 1 atom stereocenters. The number of nitrogens with one attached hydrogen (secondary N) is 1. The van der Waals surface area contributed by atoms with Crippen LogP contribution in [-0.2, 0) is 9.53 Å². The lowest BCUT2D eigenvalue weighted by Crippen LogP contribution is -2.49. The van der Waals surface area contributed by atoms with E-state index in [1.54, 1.807) is 31.0 Å². The van der Waals surface area contributed by atoms with Gasteiger partial charge in [0.15, 0.2) is 5.76 Å². The molecule has 9 heteroatoms. The van der Waals surface area contributed by atoms with E-state index in [1.807, 2.05) is 30.3 Å². The largest absolute Gasteiger partial charge is 0.463 e. The number of amides is 3. The van der Waals surface area contributed by atoms with Crippen molar-refractivity contribution in [3.8, 4) is 0 Å². The number of hydrogen-bond donors (Lipinski definition) is 1. The maximum absolute atomic E-state index is 13.1. The Kier molecular flexibility index (Phi) is 7.32. The van der Waals surface area contributed by atoms with E-state index in [4.69, 9.17) is 9.15 Å². The Morgan fingerprint density at radius 1 is 1.09 bits per heavy atom. The van der Waals surface area contributed by atoms with Gasteiger partial charge in [0.1, 0.15) is 0 Å². The van der Waals surface area contributed by atoms with Gasteiger partial charge in [0.2, 0.25) is 0 Å². The number of likely N-dealkylation sites (N-methyl/N-ethyl adjacent to an activating group) is 1. The van der Waals surface area contributed by atoms with Crippen molar-refractivity contribution < 1.29 is 23.5 Å². The average molecular weight is 467 g/mol. The summed E-state index contributed by atoms with van der Waals surface area (Å²) in [7, 11) is 1.66. The third-order valence-electron chi connectivity index (χ3n) is 6.19. The number of esters is 1. The van der Waals surface area contributed by atoms with Crippen molar-refractivity contribution in [3.05, 3.63) is 71.3 Å². The van der Waals surface area contributed by atoms with Crippen molar-refractivity contribution in [2.24, 2.45) is 0 Å². The standard InChI is InChI=1S/C25H30N4O5/c1-3-33-24(31)21-19(27(2)25(32)26-22(21)18-9-5-4-6-10-18)17-28-12-8-13-29(15-14-28)23(30)20-11-7-16-34-20/h4-7,9-11,16,22H,3,8,12-15,17H2,1-2H3,(H,26,32). The lowest BCUT2D eigenvalue weighted by atomic mass is 9.94. The molecule has 180 valence electrons. The highest BCUT2D eigenvalue weighted by Crippen LogP contribution is 2.31. The van der Waals surface area contributed by atoms with E-state index >= 15 is 0 Å². The van der Waals surface area contributed by atoms with Gasteiger partial charge in [-0.25, -0.2) is 9.59 Å². The summed E-state index contributed by atoms with van der Waals surface area (Å²) >= 11 is 0. The van der Waals surface area contributed by atoms with E-state index in [9.17, 15) is 14.4 Å². The molecule has 0 aliphatic carbocycles. The molecule has 1 fully saturated rings. The third-order valence-corrected chi connectivity index (χ3v) is 6.19. The van der Waals surface area contributed by atoms with Crippen LogP contribution >= 0.6 is 0 Å². The van der Waals surface area contributed by atoms with Crippen LogP contribution in [0.25, 0.3) is 0 Å². The van der Waals surface area contributed by atoms with E-state index in [1.165, 1.54) is 11.2 Å². The van der Waals surface area contributed by atoms with Gasteiger partial charge in [-0.1, -0.05) is 30.3 Å². The summed E-state index contributed by atoms with van der Waals surface area (Å²) in [5.74, 6) is -0.241. The van der Waals surface area contributed by atoms with Crippen molar-refractivity contribution in [2.45, 2.75) is 19.4 Å². The molecule has 34 heavy (non-hydrogen) atoms. The van der Waals surface area contributed by atoms with E-state index in [0.29, 0.717) is 43.2 Å². The Labute approximate surface area is 198 Å². The number of rotatable bonds is 6. The minimum Gasteiger partial charge on any atom is -0.463 e. The van der Waals surface area contributed by atoms with Crippen LogP contribution in [-0.4, -0.2) is 79.0 Å². The molecule has 3 heterocycles. The number of furan rings is 1. The molecule has 1 N–H and O–H groups in total. The van der Waals surface area contributed by atoms with Gasteiger partial charge in [-0.05, 0) is 31.0 Å². The normalized spacial score (nSPS) is 19.6. The summed E-state index contributed by atoms with van der Waals surface area (Å²) in [6.07, 6.45) is 2.26. The van der Waals surface area contributed by atoms with Gasteiger partial charge < -0.3 is 19.4 Å². The van der Waals surface area contributed by atoms with Crippen LogP contribution in [0.4, 0.5) is 4.79 Å². The highest BCUT2D eigenvalue weighted by molar-refractivity contribution is 5.95. The Bertz CT molecular complexity index is 1050.